The first-order chi connectivity index (χ1) is 16.3. The summed E-state index contributed by atoms with van der Waals surface area (Å²) in [5.74, 6) is -3.76. The minimum absolute atomic E-state index is 0.124. The minimum Gasteiger partial charge on any atom is -0.481 e. The molecule has 4 heterocycles. The lowest BCUT2D eigenvalue weighted by atomic mass is 9.70. The fourth-order valence-corrected chi connectivity index (χ4v) is 6.34. The number of likely N-dealkylation sites (tertiary alicyclic amines) is 1. The van der Waals surface area contributed by atoms with E-state index >= 15 is 0 Å². The van der Waals surface area contributed by atoms with Crippen LogP contribution in [0.5, 0.6) is 0 Å². The molecule has 10 nitrogen and oxygen atoms in total. The molecular weight excluding hydrogens is 442 g/mol. The number of aliphatic carboxylic acids is 1. The standard InChI is InChI=1S/C24H37N3O7/c1-4-7-26(9-8-25-10-12-33-13-11-25)22(30)20-24-6-5-17(34-24)18(23(31)32)19(24)21(29)27(20)16(14-28)15(2)3/h4,15-20,28H,1,5-14H2,2-3H3,(H,31,32)/t16-,17-,18+,19-,20?,24?/m0/s1. The Bertz CT molecular complexity index is 814. The fraction of sp³-hybridized carbons (Fsp3) is 0.792. The predicted molar refractivity (Wildman–Crippen MR) is 122 cm³/mol. The number of fused-ring (bicyclic) bond motifs is 1. The second kappa shape index (κ2) is 9.93. The molecule has 0 aromatic heterocycles. The van der Waals surface area contributed by atoms with Crippen LogP contribution in [0.2, 0.25) is 0 Å². The molecule has 0 radical (unpaired) electrons. The van der Waals surface area contributed by atoms with Gasteiger partial charge in [-0.2, -0.15) is 0 Å². The summed E-state index contributed by atoms with van der Waals surface area (Å²) in [5.41, 5.74) is -1.18. The Morgan fingerprint density at radius 2 is 2.03 bits per heavy atom. The van der Waals surface area contributed by atoms with Crippen molar-refractivity contribution in [3.8, 4) is 0 Å². The molecule has 34 heavy (non-hydrogen) atoms. The van der Waals surface area contributed by atoms with Crippen molar-refractivity contribution in [3.63, 3.8) is 0 Å². The Balaban J connectivity index is 1.67. The zero-order chi connectivity index (χ0) is 24.6. The molecule has 10 heteroatoms. The number of carboxylic acids is 1. The van der Waals surface area contributed by atoms with E-state index in [1.54, 1.807) is 11.0 Å². The molecule has 2 amide bonds. The Labute approximate surface area is 200 Å². The molecule has 4 rings (SSSR count). The third-order valence-electron chi connectivity index (χ3n) is 8.02. The van der Waals surface area contributed by atoms with Crippen LogP contribution in [0.25, 0.3) is 0 Å². The van der Waals surface area contributed by atoms with Gasteiger partial charge in [0.2, 0.25) is 11.8 Å². The van der Waals surface area contributed by atoms with Crippen molar-refractivity contribution in [2.75, 3.05) is 52.5 Å². The van der Waals surface area contributed by atoms with E-state index in [2.05, 4.69) is 11.5 Å². The van der Waals surface area contributed by atoms with Crippen LogP contribution in [0, 0.1) is 17.8 Å². The average Bonchev–Trinajstić information content (AvgIpc) is 3.45. The van der Waals surface area contributed by atoms with Gasteiger partial charge >= 0.3 is 5.97 Å². The normalized spacial score (nSPS) is 33.9. The first kappa shape index (κ1) is 25.1. The zero-order valence-electron chi connectivity index (χ0n) is 20.1. The largest absolute Gasteiger partial charge is 0.481 e. The van der Waals surface area contributed by atoms with Gasteiger partial charge in [0.05, 0.1) is 43.8 Å². The van der Waals surface area contributed by atoms with Crippen LogP contribution in [-0.4, -0.2) is 119 Å². The fourth-order valence-electron chi connectivity index (χ4n) is 6.34. The monoisotopic (exact) mass is 479 g/mol. The lowest BCUT2D eigenvalue weighted by molar-refractivity contribution is -0.154. The third kappa shape index (κ3) is 4.04. The van der Waals surface area contributed by atoms with Gasteiger partial charge in [0, 0.05) is 32.7 Å². The number of carboxylic acid groups (broad SMARTS) is 1. The number of hydrogen-bond acceptors (Lipinski definition) is 7. The molecule has 2 bridgehead atoms. The number of rotatable bonds is 10. The van der Waals surface area contributed by atoms with Crippen LogP contribution in [0.15, 0.2) is 12.7 Å². The molecular formula is C24H37N3O7. The maximum Gasteiger partial charge on any atom is 0.310 e. The number of aliphatic hydroxyl groups is 1. The van der Waals surface area contributed by atoms with E-state index in [-0.39, 0.29) is 18.4 Å². The number of hydrogen-bond donors (Lipinski definition) is 2. The Morgan fingerprint density at radius 3 is 2.62 bits per heavy atom. The van der Waals surface area contributed by atoms with E-state index in [4.69, 9.17) is 9.47 Å². The van der Waals surface area contributed by atoms with Gasteiger partial charge in [0.1, 0.15) is 11.6 Å². The highest BCUT2D eigenvalue weighted by Gasteiger charge is 2.75. The van der Waals surface area contributed by atoms with Crippen molar-refractivity contribution >= 4 is 17.8 Å². The quantitative estimate of drug-likeness (QED) is 0.414. The summed E-state index contributed by atoms with van der Waals surface area (Å²) in [6, 6.07) is -1.58. The third-order valence-corrected chi connectivity index (χ3v) is 8.02. The highest BCUT2D eigenvalue weighted by atomic mass is 16.5. The number of morpholine rings is 1. The highest BCUT2D eigenvalue weighted by Crippen LogP contribution is 2.59. The SMILES string of the molecule is C=CCN(CCN1CCOCC1)C(=O)C1N([C@@H](CO)C(C)C)C(=O)[C@@H]2[C@H](C(=O)O)[C@@H]3CCC12O3. The first-order valence-corrected chi connectivity index (χ1v) is 12.3. The lowest BCUT2D eigenvalue weighted by Gasteiger charge is -2.40. The topological polar surface area (TPSA) is 120 Å². The molecule has 2 unspecified atom stereocenters. The molecule has 4 fully saturated rings. The number of aliphatic hydroxyl groups excluding tert-OH is 1. The molecule has 1 spiro atoms. The Morgan fingerprint density at radius 1 is 1.32 bits per heavy atom. The van der Waals surface area contributed by atoms with E-state index in [0.29, 0.717) is 45.7 Å². The van der Waals surface area contributed by atoms with E-state index < -0.39 is 47.5 Å². The van der Waals surface area contributed by atoms with Crippen molar-refractivity contribution < 1.29 is 34.1 Å². The number of ether oxygens (including phenoxy) is 2. The van der Waals surface area contributed by atoms with Crippen molar-refractivity contribution in [2.24, 2.45) is 17.8 Å². The predicted octanol–water partition coefficient (Wildman–Crippen LogP) is -0.191. The van der Waals surface area contributed by atoms with Crippen LogP contribution >= 0.6 is 0 Å². The summed E-state index contributed by atoms with van der Waals surface area (Å²) < 4.78 is 11.7. The van der Waals surface area contributed by atoms with Gasteiger partial charge in [0.15, 0.2) is 0 Å². The molecule has 2 N–H and O–H groups in total. The van der Waals surface area contributed by atoms with E-state index in [0.717, 1.165) is 13.1 Å². The molecule has 4 aliphatic heterocycles. The van der Waals surface area contributed by atoms with Crippen molar-refractivity contribution in [2.45, 2.75) is 50.5 Å². The zero-order valence-corrected chi connectivity index (χ0v) is 20.1. The van der Waals surface area contributed by atoms with Gasteiger partial charge in [-0.05, 0) is 18.8 Å². The Hall–Kier alpha value is -2.01. The van der Waals surface area contributed by atoms with Crippen LogP contribution in [0.3, 0.4) is 0 Å². The number of amides is 2. The molecule has 0 aliphatic carbocycles. The molecule has 6 atom stereocenters. The summed E-state index contributed by atoms with van der Waals surface area (Å²) in [6.45, 7) is 11.6. The molecule has 0 aromatic carbocycles. The number of carbonyl (C=O) groups excluding carboxylic acids is 2. The summed E-state index contributed by atoms with van der Waals surface area (Å²) in [4.78, 5) is 45.4. The maximum atomic E-state index is 14.1. The van der Waals surface area contributed by atoms with Gasteiger partial charge in [-0.1, -0.05) is 19.9 Å². The van der Waals surface area contributed by atoms with Crippen LogP contribution in [-0.2, 0) is 23.9 Å². The van der Waals surface area contributed by atoms with E-state index in [1.807, 2.05) is 13.8 Å². The van der Waals surface area contributed by atoms with Gasteiger partial charge in [-0.3, -0.25) is 19.3 Å². The number of carbonyl (C=O) groups is 3. The second-order valence-corrected chi connectivity index (χ2v) is 10.2. The minimum atomic E-state index is -1.18. The van der Waals surface area contributed by atoms with Crippen LogP contribution in [0.4, 0.5) is 0 Å². The number of nitrogens with zero attached hydrogens (tertiary/aromatic N) is 3. The highest BCUT2D eigenvalue weighted by molar-refractivity contribution is 5.98. The van der Waals surface area contributed by atoms with E-state index in [9.17, 15) is 24.6 Å². The van der Waals surface area contributed by atoms with E-state index in [1.165, 1.54) is 4.90 Å². The first-order valence-electron chi connectivity index (χ1n) is 12.3. The molecule has 4 aliphatic rings. The second-order valence-electron chi connectivity index (χ2n) is 10.2. The summed E-state index contributed by atoms with van der Waals surface area (Å²) in [7, 11) is 0. The maximum absolute atomic E-state index is 14.1. The smallest absolute Gasteiger partial charge is 0.310 e. The lowest BCUT2D eigenvalue weighted by Crippen LogP contribution is -2.60. The summed E-state index contributed by atoms with van der Waals surface area (Å²) >= 11 is 0. The molecule has 190 valence electrons. The van der Waals surface area contributed by atoms with Crippen molar-refractivity contribution in [1.29, 1.82) is 0 Å². The average molecular weight is 480 g/mol. The van der Waals surface area contributed by atoms with Gasteiger partial charge in [-0.25, -0.2) is 0 Å². The Kier molecular flexibility index (Phi) is 7.33. The van der Waals surface area contributed by atoms with Crippen LogP contribution < -0.4 is 0 Å². The van der Waals surface area contributed by atoms with Crippen molar-refractivity contribution in [1.82, 2.24) is 14.7 Å². The van der Waals surface area contributed by atoms with Crippen LogP contribution in [0.1, 0.15) is 26.7 Å². The summed E-state index contributed by atoms with van der Waals surface area (Å²) in [6.07, 6.45) is 2.04. The molecule has 0 saturated carbocycles. The summed E-state index contributed by atoms with van der Waals surface area (Å²) in [5, 5.41) is 20.1. The molecule has 0 aromatic rings. The van der Waals surface area contributed by atoms with Gasteiger partial charge in [-0.15, -0.1) is 6.58 Å². The van der Waals surface area contributed by atoms with Gasteiger partial charge in [0.25, 0.3) is 0 Å². The molecule has 4 saturated heterocycles. The van der Waals surface area contributed by atoms with Crippen molar-refractivity contribution in [3.05, 3.63) is 12.7 Å². The van der Waals surface area contributed by atoms with Gasteiger partial charge < -0.3 is 29.5 Å².